The van der Waals surface area contributed by atoms with Gasteiger partial charge in [0.05, 0.1) is 5.60 Å². The Morgan fingerprint density at radius 3 is 2.09 bits per heavy atom. The standard InChI is InChI=1S/C25H49N5O4S/c1-8-9-22(31)27(6)21(24(33)28(7)20(23(26)32)16-25(4,5)34)18-35-15-14-29-10-12-30(13-11-29)17-19(2)3/h19-21,34H,8-18H2,1-7H3,(H2,26,32)/t20-,21+/m0/s1. The van der Waals surface area contributed by atoms with Crippen LogP contribution in [0.1, 0.15) is 53.9 Å². The van der Waals surface area contributed by atoms with Crippen molar-refractivity contribution in [2.75, 3.05) is 64.9 Å². The van der Waals surface area contributed by atoms with Crippen molar-refractivity contribution >= 4 is 29.5 Å². The lowest BCUT2D eigenvalue weighted by Gasteiger charge is -2.36. The Morgan fingerprint density at radius 2 is 1.60 bits per heavy atom. The Kier molecular flexibility index (Phi) is 13.6. The quantitative estimate of drug-likeness (QED) is 0.314. The molecule has 0 bridgehead atoms. The van der Waals surface area contributed by atoms with Crippen molar-refractivity contribution in [2.45, 2.75) is 71.6 Å². The van der Waals surface area contributed by atoms with E-state index in [1.807, 2.05) is 6.92 Å². The summed E-state index contributed by atoms with van der Waals surface area (Å²) in [4.78, 5) is 45.9. The Bertz CT molecular complexity index is 677. The highest BCUT2D eigenvalue weighted by molar-refractivity contribution is 7.99. The maximum Gasteiger partial charge on any atom is 0.246 e. The van der Waals surface area contributed by atoms with Gasteiger partial charge >= 0.3 is 0 Å². The summed E-state index contributed by atoms with van der Waals surface area (Å²) in [5.41, 5.74) is 4.40. The molecule has 10 heteroatoms. The smallest absolute Gasteiger partial charge is 0.246 e. The molecule has 0 aliphatic carbocycles. The fraction of sp³-hybridized carbons (Fsp3) is 0.880. The second kappa shape index (κ2) is 15.0. The summed E-state index contributed by atoms with van der Waals surface area (Å²) in [5.74, 6) is 0.870. The van der Waals surface area contributed by atoms with Crippen LogP contribution in [-0.2, 0) is 14.4 Å². The first kappa shape index (κ1) is 31.7. The number of carbonyl (C=O) groups excluding carboxylic acids is 3. The summed E-state index contributed by atoms with van der Waals surface area (Å²) in [7, 11) is 3.17. The van der Waals surface area contributed by atoms with Crippen LogP contribution >= 0.6 is 11.8 Å². The molecule has 3 amide bonds. The van der Waals surface area contributed by atoms with Gasteiger partial charge in [-0.15, -0.1) is 0 Å². The average Bonchev–Trinajstić information content (AvgIpc) is 2.76. The molecule has 0 aromatic carbocycles. The Balaban J connectivity index is 2.76. The van der Waals surface area contributed by atoms with Crippen molar-refractivity contribution in [1.29, 1.82) is 0 Å². The minimum absolute atomic E-state index is 0.0276. The van der Waals surface area contributed by atoms with E-state index in [0.717, 1.165) is 45.0 Å². The van der Waals surface area contributed by atoms with Gasteiger partial charge in [-0.2, -0.15) is 11.8 Å². The normalized spacial score (nSPS) is 17.3. The fourth-order valence-electron chi connectivity index (χ4n) is 4.30. The van der Waals surface area contributed by atoms with Crippen LogP contribution in [0.5, 0.6) is 0 Å². The molecule has 0 spiro atoms. The van der Waals surface area contributed by atoms with Gasteiger partial charge in [-0.3, -0.25) is 19.3 Å². The molecule has 1 saturated heterocycles. The van der Waals surface area contributed by atoms with E-state index in [1.165, 1.54) is 16.8 Å². The van der Waals surface area contributed by atoms with E-state index in [-0.39, 0.29) is 18.2 Å². The van der Waals surface area contributed by atoms with Crippen molar-refractivity contribution in [3.63, 3.8) is 0 Å². The van der Waals surface area contributed by atoms with Gasteiger partial charge in [-0.25, -0.2) is 0 Å². The van der Waals surface area contributed by atoms with Gasteiger partial charge < -0.3 is 25.5 Å². The van der Waals surface area contributed by atoms with Crippen LogP contribution < -0.4 is 5.73 Å². The summed E-state index contributed by atoms with van der Waals surface area (Å²) in [5, 5.41) is 10.2. The zero-order valence-electron chi connectivity index (χ0n) is 23.0. The third-order valence-electron chi connectivity index (χ3n) is 6.36. The third-order valence-corrected chi connectivity index (χ3v) is 7.38. The van der Waals surface area contributed by atoms with E-state index in [1.54, 1.807) is 32.7 Å². The second-order valence-electron chi connectivity index (χ2n) is 10.8. The highest BCUT2D eigenvalue weighted by Gasteiger charge is 2.36. The number of nitrogens with two attached hydrogens (primary N) is 1. The van der Waals surface area contributed by atoms with Crippen LogP contribution in [0.3, 0.4) is 0 Å². The average molecular weight is 516 g/mol. The van der Waals surface area contributed by atoms with Gasteiger partial charge in [0.2, 0.25) is 17.7 Å². The first-order chi connectivity index (χ1) is 16.3. The van der Waals surface area contributed by atoms with Gasteiger partial charge in [0.15, 0.2) is 0 Å². The molecule has 1 aliphatic rings. The molecule has 3 N–H and O–H groups in total. The Labute approximate surface area is 216 Å². The van der Waals surface area contributed by atoms with Crippen molar-refractivity contribution in [2.24, 2.45) is 11.7 Å². The molecule has 0 aromatic rings. The van der Waals surface area contributed by atoms with Gasteiger partial charge in [-0.05, 0) is 26.2 Å². The maximum absolute atomic E-state index is 13.5. The lowest BCUT2D eigenvalue weighted by Crippen LogP contribution is -2.56. The van der Waals surface area contributed by atoms with E-state index >= 15 is 0 Å². The number of likely N-dealkylation sites (N-methyl/N-ethyl adjacent to an activating group) is 2. The molecule has 0 saturated carbocycles. The number of piperazine rings is 1. The molecule has 9 nitrogen and oxygen atoms in total. The molecule has 204 valence electrons. The van der Waals surface area contributed by atoms with Crippen molar-refractivity contribution in [3.05, 3.63) is 0 Å². The van der Waals surface area contributed by atoms with Crippen molar-refractivity contribution < 1.29 is 19.5 Å². The molecular weight excluding hydrogens is 466 g/mol. The molecule has 0 aromatic heterocycles. The number of hydrogen-bond donors (Lipinski definition) is 2. The van der Waals surface area contributed by atoms with E-state index < -0.39 is 23.6 Å². The number of amides is 3. The van der Waals surface area contributed by atoms with Crippen molar-refractivity contribution in [1.82, 2.24) is 19.6 Å². The van der Waals surface area contributed by atoms with Crippen LogP contribution in [0.25, 0.3) is 0 Å². The molecule has 0 radical (unpaired) electrons. The number of thioether (sulfide) groups is 1. The lowest BCUT2D eigenvalue weighted by atomic mass is 9.97. The molecule has 1 heterocycles. The summed E-state index contributed by atoms with van der Waals surface area (Å²) in [6, 6.07) is -1.65. The summed E-state index contributed by atoms with van der Waals surface area (Å²) < 4.78 is 0. The molecule has 1 aliphatic heterocycles. The predicted molar refractivity (Wildman–Crippen MR) is 143 cm³/mol. The van der Waals surface area contributed by atoms with Crippen molar-refractivity contribution in [3.8, 4) is 0 Å². The summed E-state index contributed by atoms with van der Waals surface area (Å²) >= 11 is 1.65. The van der Waals surface area contributed by atoms with Gasteiger partial charge in [-0.1, -0.05) is 20.8 Å². The SMILES string of the molecule is CCCC(=O)N(C)[C@H](CSCCN1CCN(CC(C)C)CC1)C(=O)N(C)[C@@H](CC(C)(C)O)C(N)=O. The number of hydrogen-bond acceptors (Lipinski definition) is 7. The minimum atomic E-state index is -1.17. The van der Waals surface area contributed by atoms with E-state index in [2.05, 4.69) is 23.6 Å². The zero-order valence-corrected chi connectivity index (χ0v) is 23.8. The third kappa shape index (κ3) is 11.5. The minimum Gasteiger partial charge on any atom is -0.390 e. The fourth-order valence-corrected chi connectivity index (χ4v) is 5.45. The molecule has 35 heavy (non-hydrogen) atoms. The number of rotatable bonds is 15. The Hall–Kier alpha value is -1.36. The first-order valence-corrected chi connectivity index (χ1v) is 14.0. The number of aliphatic hydroxyl groups is 1. The van der Waals surface area contributed by atoms with E-state index in [9.17, 15) is 19.5 Å². The number of primary amides is 1. The van der Waals surface area contributed by atoms with Crippen LogP contribution in [0, 0.1) is 5.92 Å². The Morgan fingerprint density at radius 1 is 1.03 bits per heavy atom. The van der Waals surface area contributed by atoms with Crippen LogP contribution in [0.15, 0.2) is 0 Å². The molecule has 2 atom stereocenters. The summed E-state index contributed by atoms with van der Waals surface area (Å²) in [6.07, 6.45) is 1.08. The van der Waals surface area contributed by atoms with Gasteiger partial charge in [0.1, 0.15) is 12.1 Å². The predicted octanol–water partition coefficient (Wildman–Crippen LogP) is 1.09. The first-order valence-electron chi connectivity index (χ1n) is 12.8. The second-order valence-corrected chi connectivity index (χ2v) is 11.9. The molecule has 1 rings (SSSR count). The molecular formula is C25H49N5O4S. The zero-order chi connectivity index (χ0) is 26.8. The highest BCUT2D eigenvalue weighted by Crippen LogP contribution is 2.19. The number of carbonyl (C=O) groups is 3. The largest absolute Gasteiger partial charge is 0.390 e. The topological polar surface area (TPSA) is 110 Å². The summed E-state index contributed by atoms with van der Waals surface area (Å²) in [6.45, 7) is 15.9. The lowest BCUT2D eigenvalue weighted by molar-refractivity contribution is -0.147. The van der Waals surface area contributed by atoms with Crippen LogP contribution in [-0.4, -0.2) is 125 Å². The van der Waals surface area contributed by atoms with E-state index in [0.29, 0.717) is 24.5 Å². The maximum atomic E-state index is 13.5. The highest BCUT2D eigenvalue weighted by atomic mass is 32.2. The monoisotopic (exact) mass is 515 g/mol. The molecule has 1 fully saturated rings. The van der Waals surface area contributed by atoms with Crippen LogP contribution in [0.2, 0.25) is 0 Å². The van der Waals surface area contributed by atoms with Gasteiger partial charge in [0.25, 0.3) is 0 Å². The van der Waals surface area contributed by atoms with E-state index in [4.69, 9.17) is 5.73 Å². The number of nitrogens with zero attached hydrogens (tertiary/aromatic N) is 4. The van der Waals surface area contributed by atoms with Gasteiger partial charge in [0, 0.05) is 77.7 Å². The van der Waals surface area contributed by atoms with Crippen LogP contribution in [0.4, 0.5) is 0 Å². The molecule has 0 unspecified atom stereocenters.